The van der Waals surface area contributed by atoms with Gasteiger partial charge in [-0.1, -0.05) is 64.4 Å². The molecule has 0 saturated carbocycles. The fourth-order valence-electron chi connectivity index (χ4n) is 5.71. The van der Waals surface area contributed by atoms with Gasteiger partial charge in [0.1, 0.15) is 59.9 Å². The highest BCUT2D eigenvalue weighted by atomic mass is 32.1. The summed E-state index contributed by atoms with van der Waals surface area (Å²) in [5, 5.41) is 10.7. The van der Waals surface area contributed by atoms with Gasteiger partial charge in [-0.25, -0.2) is 24.9 Å². The van der Waals surface area contributed by atoms with E-state index in [-0.39, 0.29) is 58.9 Å². The van der Waals surface area contributed by atoms with E-state index in [4.69, 9.17) is 22.4 Å². The molecule has 0 radical (unpaired) electrons. The standard InChI is InChI=1S/C37H36N8O9S/c1-6-18(4)27-31(48)43-26(17(2)3)30(47)38-21(12-50-19(5)46)33-39-22(13-51-33)34-41-24(15-53-34)37-42-25(16-55-37)35-40-23(14-52-35)36-45-28(32(49)44-27)29(54-36)20-10-8-7-9-11-20/h7-11,13-18,21,26-27H,6,12H2,1-5H3,(H,38,47)(H,43,48)(H,44,49)/t18-,21-,26-,27+/m0/s1. The summed E-state index contributed by atoms with van der Waals surface area (Å²) < 4.78 is 28.6. The lowest BCUT2D eigenvalue weighted by Gasteiger charge is -2.28. The van der Waals surface area contributed by atoms with Crippen molar-refractivity contribution in [1.29, 1.82) is 0 Å². The first kappa shape index (κ1) is 36.9. The van der Waals surface area contributed by atoms with Crippen molar-refractivity contribution in [3.8, 4) is 56.8 Å². The summed E-state index contributed by atoms with van der Waals surface area (Å²) >= 11 is 1.27. The zero-order chi connectivity index (χ0) is 38.8. The number of fused-ring (bicyclic) bond motifs is 14. The van der Waals surface area contributed by atoms with Crippen molar-refractivity contribution in [3.63, 3.8) is 0 Å². The first-order valence-corrected chi connectivity index (χ1v) is 18.3. The summed E-state index contributed by atoms with van der Waals surface area (Å²) in [7, 11) is 0. The van der Waals surface area contributed by atoms with Crippen LogP contribution >= 0.6 is 11.3 Å². The lowest BCUT2D eigenvalue weighted by atomic mass is 9.96. The molecule has 3 amide bonds. The van der Waals surface area contributed by atoms with Crippen LogP contribution in [0.1, 0.15) is 63.5 Å². The minimum Gasteiger partial charge on any atom is -0.463 e. The Kier molecular flexibility index (Phi) is 10.4. The molecule has 6 heterocycles. The minimum absolute atomic E-state index is 0.00132. The third-order valence-corrected chi connectivity index (χ3v) is 9.75. The van der Waals surface area contributed by atoms with Gasteiger partial charge in [0.25, 0.3) is 5.91 Å². The van der Waals surface area contributed by atoms with Gasteiger partial charge < -0.3 is 38.4 Å². The van der Waals surface area contributed by atoms with Crippen LogP contribution in [0.15, 0.2) is 72.2 Å². The van der Waals surface area contributed by atoms with Gasteiger partial charge in [-0.05, 0) is 11.8 Å². The van der Waals surface area contributed by atoms with E-state index in [1.807, 2.05) is 19.9 Å². The van der Waals surface area contributed by atoms with E-state index < -0.39 is 47.7 Å². The molecule has 1 aliphatic heterocycles. The Morgan fingerprint density at radius 3 is 2.20 bits per heavy atom. The second kappa shape index (κ2) is 15.5. The predicted octanol–water partition coefficient (Wildman–Crippen LogP) is 5.45. The maximum Gasteiger partial charge on any atom is 0.302 e. The van der Waals surface area contributed by atoms with E-state index >= 15 is 0 Å². The summed E-state index contributed by atoms with van der Waals surface area (Å²) in [6.07, 6.45) is 4.55. The summed E-state index contributed by atoms with van der Waals surface area (Å²) in [6, 6.07) is 5.68. The molecule has 0 unspecified atom stereocenters. The highest BCUT2D eigenvalue weighted by molar-refractivity contribution is 7.13. The van der Waals surface area contributed by atoms with E-state index in [0.29, 0.717) is 28.4 Å². The maximum atomic E-state index is 14.1. The summed E-state index contributed by atoms with van der Waals surface area (Å²) in [5.74, 6) is -2.87. The van der Waals surface area contributed by atoms with Gasteiger partial charge in [0.15, 0.2) is 22.8 Å². The number of nitrogens with one attached hydrogen (secondary N) is 3. The molecule has 4 atom stereocenters. The quantitative estimate of drug-likeness (QED) is 0.179. The number of benzene rings is 1. The van der Waals surface area contributed by atoms with Crippen LogP contribution in [-0.2, 0) is 19.1 Å². The van der Waals surface area contributed by atoms with E-state index in [1.165, 1.54) is 37.1 Å². The fourth-order valence-corrected chi connectivity index (χ4v) is 6.45. The molecule has 284 valence electrons. The van der Waals surface area contributed by atoms with E-state index in [0.717, 1.165) is 0 Å². The lowest BCUT2D eigenvalue weighted by molar-refractivity contribution is -0.143. The van der Waals surface area contributed by atoms with Crippen LogP contribution in [0.4, 0.5) is 0 Å². The molecule has 0 saturated heterocycles. The van der Waals surface area contributed by atoms with Crippen molar-refractivity contribution in [2.24, 2.45) is 11.8 Å². The van der Waals surface area contributed by atoms with Gasteiger partial charge in [-0.3, -0.25) is 19.2 Å². The second-order valence-electron chi connectivity index (χ2n) is 13.2. The Bertz CT molecular complexity index is 2340. The number of aromatic nitrogens is 5. The van der Waals surface area contributed by atoms with Crippen molar-refractivity contribution in [3.05, 3.63) is 66.1 Å². The fraction of sp³-hybridized carbons (Fsp3) is 0.324. The van der Waals surface area contributed by atoms with Gasteiger partial charge in [-0.2, -0.15) is 0 Å². The van der Waals surface area contributed by atoms with E-state index in [9.17, 15) is 19.2 Å². The number of esters is 1. The Labute approximate surface area is 317 Å². The largest absolute Gasteiger partial charge is 0.463 e. The predicted molar refractivity (Wildman–Crippen MR) is 195 cm³/mol. The number of nitrogens with zero attached hydrogens (tertiary/aromatic N) is 5. The molecule has 3 N–H and O–H groups in total. The third kappa shape index (κ3) is 7.80. The van der Waals surface area contributed by atoms with Crippen LogP contribution in [0.3, 0.4) is 0 Å². The molecule has 1 aromatic carbocycles. The van der Waals surface area contributed by atoms with E-state index in [1.54, 1.807) is 43.5 Å². The summed E-state index contributed by atoms with van der Waals surface area (Å²) in [4.78, 5) is 76.5. The molecule has 17 nitrogen and oxygen atoms in total. The number of hydrogen-bond donors (Lipinski definition) is 3. The lowest BCUT2D eigenvalue weighted by Crippen LogP contribution is -2.57. The van der Waals surface area contributed by atoms with Crippen LogP contribution in [0.2, 0.25) is 0 Å². The Balaban J connectivity index is 1.31. The zero-order valence-corrected chi connectivity index (χ0v) is 31.1. The Morgan fingerprint density at radius 2 is 1.47 bits per heavy atom. The van der Waals surface area contributed by atoms with Crippen molar-refractivity contribution in [1.82, 2.24) is 40.9 Å². The van der Waals surface area contributed by atoms with Gasteiger partial charge in [0.2, 0.25) is 35.4 Å². The molecule has 1 aliphatic rings. The molecule has 55 heavy (non-hydrogen) atoms. The van der Waals surface area contributed by atoms with Gasteiger partial charge in [-0.15, -0.1) is 11.3 Å². The molecule has 10 bridgehead atoms. The number of rotatable bonds is 6. The SMILES string of the molecule is CC[C@H](C)[C@H]1NC(=O)c2nc(oc2-c2ccccc2)-c2coc(n2)-c2csc(n2)-c2coc(n2)-c2coc(n2)[C@H](COC(C)=O)NC(=O)[C@H](C(C)C)NC1=O. The normalized spacial score (nSPS) is 18.2. The zero-order valence-electron chi connectivity index (χ0n) is 30.3. The van der Waals surface area contributed by atoms with Crippen molar-refractivity contribution in [2.45, 2.75) is 59.2 Å². The number of hydrogen-bond acceptors (Lipinski definition) is 15. The maximum absolute atomic E-state index is 14.1. The van der Waals surface area contributed by atoms with Crippen LogP contribution in [0.25, 0.3) is 56.8 Å². The van der Waals surface area contributed by atoms with Crippen molar-refractivity contribution >= 4 is 35.0 Å². The molecule has 0 spiro atoms. The topological polar surface area (TPSA) is 231 Å². The average molecular weight is 769 g/mol. The Morgan fingerprint density at radius 1 is 0.800 bits per heavy atom. The van der Waals surface area contributed by atoms with Crippen molar-refractivity contribution in [2.75, 3.05) is 6.61 Å². The smallest absolute Gasteiger partial charge is 0.302 e. The summed E-state index contributed by atoms with van der Waals surface area (Å²) in [5.41, 5.74) is 1.67. The van der Waals surface area contributed by atoms with Crippen LogP contribution in [0, 0.1) is 11.8 Å². The van der Waals surface area contributed by atoms with Crippen LogP contribution < -0.4 is 16.0 Å². The average Bonchev–Trinajstić information content (AvgIpc) is 4.02. The highest BCUT2D eigenvalue weighted by Crippen LogP contribution is 2.34. The number of carbonyl (C=O) groups excluding carboxylic acids is 4. The molecule has 18 heteroatoms. The highest BCUT2D eigenvalue weighted by Gasteiger charge is 2.35. The summed E-state index contributed by atoms with van der Waals surface area (Å²) in [6.45, 7) is 8.10. The van der Waals surface area contributed by atoms with Crippen molar-refractivity contribution < 1.29 is 41.6 Å². The second-order valence-corrected chi connectivity index (χ2v) is 14.0. The minimum atomic E-state index is -1.09. The molecule has 0 aliphatic carbocycles. The van der Waals surface area contributed by atoms with Crippen LogP contribution in [0.5, 0.6) is 0 Å². The molecule has 6 aromatic rings. The van der Waals surface area contributed by atoms with Gasteiger partial charge in [0, 0.05) is 17.9 Å². The number of oxazole rings is 4. The molecule has 0 fully saturated rings. The molecule has 7 rings (SSSR count). The molecular formula is C37H36N8O9S. The third-order valence-electron chi connectivity index (χ3n) is 8.89. The van der Waals surface area contributed by atoms with Gasteiger partial charge in [0.05, 0.1) is 0 Å². The van der Waals surface area contributed by atoms with Crippen LogP contribution in [-0.4, -0.2) is 67.3 Å². The first-order valence-electron chi connectivity index (χ1n) is 17.4. The van der Waals surface area contributed by atoms with Gasteiger partial charge >= 0.3 is 5.97 Å². The Hall–Kier alpha value is -6.43. The number of ether oxygens (including phenoxy) is 1. The molecule has 5 aromatic heterocycles. The first-order chi connectivity index (χ1) is 26.5. The molecular weight excluding hydrogens is 733 g/mol. The number of amides is 3. The van der Waals surface area contributed by atoms with E-state index in [2.05, 4.69) is 40.9 Å². The number of carbonyl (C=O) groups is 4. The monoisotopic (exact) mass is 768 g/mol. The number of thiazole rings is 1.